The molecule has 0 aromatic heterocycles. The molecule has 0 radical (unpaired) electrons. The normalized spacial score (nSPS) is 11.5. The molecule has 8 heteroatoms. The summed E-state index contributed by atoms with van der Waals surface area (Å²) in [5, 5.41) is 3.73. The number of nitrogens with one attached hydrogen (secondary N) is 2. The zero-order chi connectivity index (χ0) is 13.1. The largest absolute Gasteiger partial charge is 0.397 e. The van der Waals surface area contributed by atoms with Crippen LogP contribution in [0.25, 0.3) is 0 Å². The SMILES string of the molecule is CS(=O)(=O)NCCNc1cc(Cl)c(Cl)cc1N. The van der Waals surface area contributed by atoms with Gasteiger partial charge in [-0.2, -0.15) is 0 Å². The summed E-state index contributed by atoms with van der Waals surface area (Å²) in [4.78, 5) is 0. The number of rotatable bonds is 5. The molecular weight excluding hydrogens is 285 g/mol. The van der Waals surface area contributed by atoms with Crippen LogP contribution in [-0.2, 0) is 10.0 Å². The Morgan fingerprint density at radius 3 is 2.41 bits per heavy atom. The van der Waals surface area contributed by atoms with Crippen molar-refractivity contribution in [2.75, 3.05) is 30.4 Å². The van der Waals surface area contributed by atoms with E-state index in [0.717, 1.165) is 6.26 Å². The molecule has 0 heterocycles. The van der Waals surface area contributed by atoms with Crippen molar-refractivity contribution in [2.45, 2.75) is 0 Å². The molecule has 4 N–H and O–H groups in total. The lowest BCUT2D eigenvalue weighted by molar-refractivity contribution is 0.589. The Hall–Kier alpha value is -0.690. The van der Waals surface area contributed by atoms with Gasteiger partial charge in [0.1, 0.15) is 0 Å². The molecule has 0 spiro atoms. The van der Waals surface area contributed by atoms with Gasteiger partial charge in [0, 0.05) is 13.1 Å². The van der Waals surface area contributed by atoms with Crippen molar-refractivity contribution in [1.29, 1.82) is 0 Å². The number of sulfonamides is 1. The number of benzene rings is 1. The second kappa shape index (κ2) is 5.77. The second-order valence-electron chi connectivity index (χ2n) is 3.45. The Labute approximate surface area is 110 Å². The molecule has 0 bridgehead atoms. The van der Waals surface area contributed by atoms with Gasteiger partial charge in [-0.1, -0.05) is 23.2 Å². The monoisotopic (exact) mass is 297 g/mol. The number of hydrogen-bond acceptors (Lipinski definition) is 4. The van der Waals surface area contributed by atoms with Gasteiger partial charge in [-0.05, 0) is 12.1 Å². The first-order chi connectivity index (χ1) is 7.79. The zero-order valence-electron chi connectivity index (χ0n) is 9.13. The van der Waals surface area contributed by atoms with Gasteiger partial charge in [-0.15, -0.1) is 0 Å². The molecule has 0 amide bonds. The average Bonchev–Trinajstić information content (AvgIpc) is 2.18. The van der Waals surface area contributed by atoms with Crippen LogP contribution in [0, 0.1) is 0 Å². The van der Waals surface area contributed by atoms with Gasteiger partial charge in [0.2, 0.25) is 10.0 Å². The Kier molecular flexibility index (Phi) is 4.88. The third-order valence-corrected chi connectivity index (χ3v) is 3.35. The van der Waals surface area contributed by atoms with Crippen LogP contribution in [0.15, 0.2) is 12.1 Å². The molecule has 0 unspecified atom stereocenters. The van der Waals surface area contributed by atoms with Gasteiger partial charge in [0.15, 0.2) is 0 Å². The number of anilines is 2. The molecule has 0 saturated heterocycles. The van der Waals surface area contributed by atoms with Gasteiger partial charge >= 0.3 is 0 Å². The van der Waals surface area contributed by atoms with Crippen LogP contribution in [0.1, 0.15) is 0 Å². The van der Waals surface area contributed by atoms with E-state index >= 15 is 0 Å². The summed E-state index contributed by atoms with van der Waals surface area (Å²) in [5.74, 6) is 0. The molecule has 96 valence electrons. The van der Waals surface area contributed by atoms with Gasteiger partial charge in [-0.25, -0.2) is 13.1 Å². The molecule has 0 aliphatic carbocycles. The number of halogens is 2. The highest BCUT2D eigenvalue weighted by atomic mass is 35.5. The Bertz CT molecular complexity index is 505. The highest BCUT2D eigenvalue weighted by Crippen LogP contribution is 2.30. The van der Waals surface area contributed by atoms with E-state index in [1.54, 1.807) is 6.07 Å². The average molecular weight is 298 g/mol. The maximum atomic E-state index is 10.8. The maximum absolute atomic E-state index is 10.8. The van der Waals surface area contributed by atoms with Crippen LogP contribution in [0.5, 0.6) is 0 Å². The molecule has 5 nitrogen and oxygen atoms in total. The van der Waals surface area contributed by atoms with Crippen LogP contribution in [-0.4, -0.2) is 27.8 Å². The van der Waals surface area contributed by atoms with Crippen molar-refractivity contribution in [1.82, 2.24) is 4.72 Å². The Morgan fingerprint density at radius 1 is 1.24 bits per heavy atom. The standard InChI is InChI=1S/C9H13Cl2N3O2S/c1-17(15,16)14-3-2-13-9-5-7(11)6(10)4-8(9)12/h4-5,13-14H,2-3,12H2,1H3. The maximum Gasteiger partial charge on any atom is 0.208 e. The van der Waals surface area contributed by atoms with Crippen molar-refractivity contribution in [3.05, 3.63) is 22.2 Å². The molecular formula is C9H13Cl2N3O2S. The summed E-state index contributed by atoms with van der Waals surface area (Å²) in [7, 11) is -3.17. The first-order valence-corrected chi connectivity index (χ1v) is 7.37. The fraction of sp³-hybridized carbons (Fsp3) is 0.333. The summed E-state index contributed by atoms with van der Waals surface area (Å²) in [6.45, 7) is 0.660. The molecule has 0 saturated carbocycles. The first-order valence-electron chi connectivity index (χ1n) is 4.72. The summed E-state index contributed by atoms with van der Waals surface area (Å²) in [6, 6.07) is 3.13. The lowest BCUT2D eigenvalue weighted by Crippen LogP contribution is -2.27. The van der Waals surface area contributed by atoms with Crippen LogP contribution < -0.4 is 15.8 Å². The van der Waals surface area contributed by atoms with E-state index in [4.69, 9.17) is 28.9 Å². The third kappa shape index (κ3) is 4.99. The smallest absolute Gasteiger partial charge is 0.208 e. The van der Waals surface area contributed by atoms with E-state index < -0.39 is 10.0 Å². The Morgan fingerprint density at radius 2 is 1.82 bits per heavy atom. The van der Waals surface area contributed by atoms with Gasteiger partial charge in [-0.3, -0.25) is 0 Å². The molecule has 1 aromatic rings. The number of hydrogen-bond donors (Lipinski definition) is 3. The second-order valence-corrected chi connectivity index (χ2v) is 6.09. The van der Waals surface area contributed by atoms with Crippen molar-refractivity contribution in [3.63, 3.8) is 0 Å². The highest BCUT2D eigenvalue weighted by Gasteiger charge is 2.05. The summed E-state index contributed by atoms with van der Waals surface area (Å²) in [6.07, 6.45) is 1.10. The molecule has 0 fully saturated rings. The fourth-order valence-corrected chi connectivity index (χ4v) is 1.96. The van der Waals surface area contributed by atoms with E-state index in [9.17, 15) is 8.42 Å². The molecule has 1 rings (SSSR count). The number of nitrogen functional groups attached to an aromatic ring is 1. The number of nitrogens with two attached hydrogens (primary N) is 1. The van der Waals surface area contributed by atoms with Crippen LogP contribution in [0.3, 0.4) is 0 Å². The van der Waals surface area contributed by atoms with E-state index in [1.807, 2.05) is 0 Å². The van der Waals surface area contributed by atoms with Crippen LogP contribution >= 0.6 is 23.2 Å². The third-order valence-electron chi connectivity index (χ3n) is 1.90. The fourth-order valence-electron chi connectivity index (χ4n) is 1.15. The van der Waals surface area contributed by atoms with Gasteiger partial charge in [0.25, 0.3) is 0 Å². The lowest BCUT2D eigenvalue weighted by Gasteiger charge is -2.10. The van der Waals surface area contributed by atoms with E-state index in [1.165, 1.54) is 6.07 Å². The molecule has 0 atom stereocenters. The zero-order valence-corrected chi connectivity index (χ0v) is 11.5. The lowest BCUT2D eigenvalue weighted by atomic mass is 10.2. The van der Waals surface area contributed by atoms with Crippen molar-refractivity contribution < 1.29 is 8.42 Å². The summed E-state index contributed by atoms with van der Waals surface area (Å²) >= 11 is 11.6. The predicted molar refractivity (Wildman–Crippen MR) is 72.2 cm³/mol. The minimum absolute atomic E-state index is 0.262. The summed E-state index contributed by atoms with van der Waals surface area (Å²) < 4.78 is 24.0. The van der Waals surface area contributed by atoms with Crippen LogP contribution in [0.2, 0.25) is 10.0 Å². The topological polar surface area (TPSA) is 84.2 Å². The molecule has 0 aliphatic heterocycles. The molecule has 0 aliphatic rings. The van der Waals surface area contributed by atoms with Crippen LogP contribution in [0.4, 0.5) is 11.4 Å². The quantitative estimate of drug-likeness (QED) is 0.568. The van der Waals surface area contributed by atoms with Gasteiger partial charge < -0.3 is 11.1 Å². The first kappa shape index (κ1) is 14.4. The van der Waals surface area contributed by atoms with E-state index in [-0.39, 0.29) is 6.54 Å². The van der Waals surface area contributed by atoms with Crippen molar-refractivity contribution in [2.24, 2.45) is 0 Å². The van der Waals surface area contributed by atoms with Crippen molar-refractivity contribution in [3.8, 4) is 0 Å². The van der Waals surface area contributed by atoms with Crippen molar-refractivity contribution >= 4 is 44.6 Å². The minimum atomic E-state index is -3.17. The van der Waals surface area contributed by atoms with Gasteiger partial charge in [0.05, 0.1) is 27.7 Å². The molecule has 1 aromatic carbocycles. The minimum Gasteiger partial charge on any atom is -0.397 e. The van der Waals surface area contributed by atoms with E-state index in [0.29, 0.717) is 28.0 Å². The Balaban J connectivity index is 2.55. The highest BCUT2D eigenvalue weighted by molar-refractivity contribution is 7.88. The predicted octanol–water partition coefficient (Wildman–Crippen LogP) is 1.54. The van der Waals surface area contributed by atoms with E-state index in [2.05, 4.69) is 10.0 Å². The molecule has 17 heavy (non-hydrogen) atoms. The summed E-state index contributed by atoms with van der Waals surface area (Å²) in [5.41, 5.74) is 6.79.